The molecule has 0 spiro atoms. The van der Waals surface area contributed by atoms with E-state index in [1.165, 1.54) is 11.6 Å². The average Bonchev–Trinajstić information content (AvgIpc) is 3.15. The minimum Gasteiger partial charge on any atom is -0.480 e. The number of imidazole rings is 1. The van der Waals surface area contributed by atoms with Crippen molar-refractivity contribution in [2.45, 2.75) is 13.1 Å². The van der Waals surface area contributed by atoms with Crippen LogP contribution in [0, 0.1) is 0 Å². The van der Waals surface area contributed by atoms with Gasteiger partial charge in [-0.3, -0.25) is 14.2 Å². The van der Waals surface area contributed by atoms with Gasteiger partial charge in [0.15, 0.2) is 11.2 Å². The molecule has 26 heavy (non-hydrogen) atoms. The van der Waals surface area contributed by atoms with Gasteiger partial charge in [-0.1, -0.05) is 17.7 Å². The average molecular weight is 376 g/mol. The Balaban J connectivity index is 1.97. The van der Waals surface area contributed by atoms with Crippen molar-refractivity contribution in [2.75, 3.05) is 11.4 Å². The van der Waals surface area contributed by atoms with Crippen molar-refractivity contribution in [3.05, 3.63) is 50.1 Å². The van der Waals surface area contributed by atoms with Gasteiger partial charge in [-0.05, 0) is 18.2 Å². The molecule has 3 aromatic rings. The quantitative estimate of drug-likeness (QED) is 0.726. The molecule has 134 valence electrons. The van der Waals surface area contributed by atoms with Gasteiger partial charge in [-0.15, -0.1) is 0 Å². The van der Waals surface area contributed by atoms with Crippen molar-refractivity contribution in [1.29, 1.82) is 0 Å². The van der Waals surface area contributed by atoms with Gasteiger partial charge < -0.3 is 14.6 Å². The number of aromatic nitrogens is 4. The van der Waals surface area contributed by atoms with E-state index in [0.29, 0.717) is 28.6 Å². The maximum absolute atomic E-state index is 12.7. The molecule has 0 radical (unpaired) electrons. The number of aryl methyl sites for hydroxylation is 1. The molecule has 0 atom stereocenters. The van der Waals surface area contributed by atoms with E-state index in [2.05, 4.69) is 4.98 Å². The Labute approximate surface area is 151 Å². The minimum atomic E-state index is -1.26. The molecule has 2 aromatic heterocycles. The van der Waals surface area contributed by atoms with Crippen LogP contribution in [0.15, 0.2) is 33.9 Å². The van der Waals surface area contributed by atoms with Crippen molar-refractivity contribution in [3.63, 3.8) is 0 Å². The summed E-state index contributed by atoms with van der Waals surface area (Å²) in [7, 11) is 1.47. The normalized spacial score (nSPS) is 13.4. The van der Waals surface area contributed by atoms with Crippen molar-refractivity contribution in [1.82, 2.24) is 18.7 Å². The number of fused-ring (bicyclic) bond motifs is 3. The molecule has 1 aliphatic rings. The monoisotopic (exact) mass is 375 g/mol. The summed E-state index contributed by atoms with van der Waals surface area (Å²) < 4.78 is 3.61. The molecule has 0 bridgehead atoms. The lowest BCUT2D eigenvalue weighted by Crippen LogP contribution is -2.41. The molecule has 0 aliphatic carbocycles. The number of carbonyl (C=O) groups is 1. The standard InChI is InChI=1S/C16H14ClN5O4/c1-19-13-12(14(25)22(16(19)26)8-11(23)24)21-6-5-20(15(21)18-13)10-4-2-3-9(17)7-10/h2-4,7H,5-6,8H2,1H3,(H,23,24). The second kappa shape index (κ2) is 5.73. The van der Waals surface area contributed by atoms with Crippen LogP contribution in [0.5, 0.6) is 0 Å². The number of carboxylic acids is 1. The van der Waals surface area contributed by atoms with Gasteiger partial charge in [0.05, 0.1) is 0 Å². The predicted octanol–water partition coefficient (Wildman–Crippen LogP) is 0.786. The van der Waals surface area contributed by atoms with Crippen LogP contribution in [-0.2, 0) is 24.9 Å². The van der Waals surface area contributed by atoms with Crippen LogP contribution in [0.25, 0.3) is 11.2 Å². The summed E-state index contributed by atoms with van der Waals surface area (Å²) in [5.41, 5.74) is -0.105. The van der Waals surface area contributed by atoms with Crippen LogP contribution in [0.3, 0.4) is 0 Å². The molecular formula is C16H14ClN5O4. The van der Waals surface area contributed by atoms with Gasteiger partial charge in [0, 0.05) is 30.8 Å². The number of hydrogen-bond donors (Lipinski definition) is 1. The first-order valence-corrected chi connectivity index (χ1v) is 8.21. The molecule has 0 saturated carbocycles. The maximum Gasteiger partial charge on any atom is 0.333 e. The Morgan fingerprint density at radius 2 is 2.08 bits per heavy atom. The fraction of sp³-hybridized carbons (Fsp3) is 0.250. The molecule has 1 N–H and O–H groups in total. The third kappa shape index (κ3) is 2.31. The molecule has 9 nitrogen and oxygen atoms in total. The summed E-state index contributed by atoms with van der Waals surface area (Å²) in [5.74, 6) is -0.743. The number of carboxylic acid groups (broad SMARTS) is 1. The third-order valence-corrected chi connectivity index (χ3v) is 4.65. The largest absolute Gasteiger partial charge is 0.480 e. The Kier molecular flexibility index (Phi) is 3.62. The van der Waals surface area contributed by atoms with Gasteiger partial charge in [-0.2, -0.15) is 4.98 Å². The number of benzene rings is 1. The second-order valence-corrected chi connectivity index (χ2v) is 6.43. The number of anilines is 2. The summed E-state index contributed by atoms with van der Waals surface area (Å²) in [5, 5.41) is 9.57. The number of aliphatic carboxylic acids is 1. The number of nitrogens with zero attached hydrogens (tertiary/aromatic N) is 5. The molecule has 1 aliphatic heterocycles. The summed E-state index contributed by atoms with van der Waals surface area (Å²) >= 11 is 6.06. The van der Waals surface area contributed by atoms with Gasteiger partial charge >= 0.3 is 11.7 Å². The van der Waals surface area contributed by atoms with Crippen molar-refractivity contribution in [3.8, 4) is 0 Å². The molecule has 3 heterocycles. The van der Waals surface area contributed by atoms with Crippen molar-refractivity contribution in [2.24, 2.45) is 7.05 Å². The second-order valence-electron chi connectivity index (χ2n) is 5.99. The molecule has 0 amide bonds. The van der Waals surface area contributed by atoms with Gasteiger partial charge in [-0.25, -0.2) is 9.36 Å². The smallest absolute Gasteiger partial charge is 0.333 e. The van der Waals surface area contributed by atoms with E-state index in [0.717, 1.165) is 5.69 Å². The highest BCUT2D eigenvalue weighted by atomic mass is 35.5. The van der Waals surface area contributed by atoms with E-state index < -0.39 is 23.8 Å². The van der Waals surface area contributed by atoms with E-state index in [4.69, 9.17) is 16.7 Å². The van der Waals surface area contributed by atoms with E-state index in [1.54, 1.807) is 16.7 Å². The summed E-state index contributed by atoms with van der Waals surface area (Å²) in [6, 6.07) is 7.25. The summed E-state index contributed by atoms with van der Waals surface area (Å²) in [6.45, 7) is 0.374. The Morgan fingerprint density at radius 1 is 1.31 bits per heavy atom. The first-order valence-electron chi connectivity index (χ1n) is 7.83. The number of hydrogen-bond acceptors (Lipinski definition) is 5. The predicted molar refractivity (Wildman–Crippen MR) is 95.3 cm³/mol. The lowest BCUT2D eigenvalue weighted by molar-refractivity contribution is -0.137. The molecule has 0 unspecified atom stereocenters. The van der Waals surface area contributed by atoms with Crippen LogP contribution in [-0.4, -0.2) is 36.3 Å². The third-order valence-electron chi connectivity index (χ3n) is 4.41. The highest BCUT2D eigenvalue weighted by Gasteiger charge is 2.29. The van der Waals surface area contributed by atoms with Gasteiger partial charge in [0.2, 0.25) is 5.95 Å². The van der Waals surface area contributed by atoms with Gasteiger partial charge in [0.25, 0.3) is 5.56 Å². The zero-order valence-corrected chi connectivity index (χ0v) is 14.5. The molecule has 0 fully saturated rings. The lowest BCUT2D eigenvalue weighted by Gasteiger charge is -2.16. The molecular weight excluding hydrogens is 362 g/mol. The minimum absolute atomic E-state index is 0.216. The molecule has 1 aromatic carbocycles. The summed E-state index contributed by atoms with van der Waals surface area (Å²) in [6.07, 6.45) is 0. The van der Waals surface area contributed by atoms with E-state index in [1.807, 2.05) is 17.0 Å². The Hall–Kier alpha value is -3.07. The zero-order valence-electron chi connectivity index (χ0n) is 13.7. The summed E-state index contributed by atoms with van der Waals surface area (Å²) in [4.78, 5) is 42.5. The first kappa shape index (κ1) is 16.4. The van der Waals surface area contributed by atoms with Crippen molar-refractivity contribution >= 4 is 40.4 Å². The zero-order chi connectivity index (χ0) is 18.6. The van der Waals surface area contributed by atoms with Gasteiger partial charge in [0.1, 0.15) is 6.54 Å². The first-order chi connectivity index (χ1) is 12.4. The fourth-order valence-electron chi connectivity index (χ4n) is 3.24. The van der Waals surface area contributed by atoms with E-state index in [-0.39, 0.29) is 11.2 Å². The molecule has 10 heteroatoms. The highest BCUT2D eigenvalue weighted by molar-refractivity contribution is 6.30. The Bertz CT molecular complexity index is 1180. The molecule has 4 rings (SSSR count). The molecule has 0 saturated heterocycles. The number of rotatable bonds is 3. The SMILES string of the molecule is Cn1c(=O)n(CC(=O)O)c(=O)c2c1nc1n2CCN1c1cccc(Cl)c1. The number of halogens is 1. The van der Waals surface area contributed by atoms with E-state index >= 15 is 0 Å². The van der Waals surface area contributed by atoms with Crippen LogP contribution in [0.2, 0.25) is 5.02 Å². The van der Waals surface area contributed by atoms with E-state index in [9.17, 15) is 14.4 Å². The fourth-order valence-corrected chi connectivity index (χ4v) is 3.43. The topological polar surface area (TPSA) is 102 Å². The van der Waals surface area contributed by atoms with Crippen LogP contribution in [0.1, 0.15) is 0 Å². The van der Waals surface area contributed by atoms with Crippen molar-refractivity contribution < 1.29 is 9.90 Å². The lowest BCUT2D eigenvalue weighted by atomic mass is 10.3. The van der Waals surface area contributed by atoms with Crippen LogP contribution >= 0.6 is 11.6 Å². The Morgan fingerprint density at radius 3 is 2.77 bits per heavy atom. The maximum atomic E-state index is 12.7. The highest BCUT2D eigenvalue weighted by Crippen LogP contribution is 2.32. The van der Waals surface area contributed by atoms with Crippen LogP contribution in [0.4, 0.5) is 11.6 Å². The van der Waals surface area contributed by atoms with Crippen LogP contribution < -0.4 is 16.1 Å².